The molecule has 1 aromatic carbocycles. The Morgan fingerprint density at radius 3 is 2.39 bits per heavy atom. The van der Waals surface area contributed by atoms with E-state index in [4.69, 9.17) is 10.8 Å². The van der Waals surface area contributed by atoms with Crippen molar-refractivity contribution in [1.82, 2.24) is 5.32 Å². The van der Waals surface area contributed by atoms with Crippen LogP contribution < -0.4 is 16.4 Å². The Balaban J connectivity index is 2.46. The number of hydrogen-bond acceptors (Lipinski definition) is 4. The van der Waals surface area contributed by atoms with Gasteiger partial charge in [-0.15, -0.1) is 0 Å². The number of carbonyl (C=O) groups excluding carboxylic acids is 1. The summed E-state index contributed by atoms with van der Waals surface area (Å²) in [6, 6.07) is 6.82. The number of nitrogens with one attached hydrogen (secondary N) is 2. The quantitative estimate of drug-likeness (QED) is 0.556. The summed E-state index contributed by atoms with van der Waals surface area (Å²) in [7, 11) is 0. The van der Waals surface area contributed by atoms with Crippen LogP contribution in [-0.4, -0.2) is 36.6 Å². The molecule has 0 bridgehead atoms. The van der Waals surface area contributed by atoms with Crippen LogP contribution >= 0.6 is 0 Å². The molecular formula is C12H17N3O3. The zero-order valence-electron chi connectivity index (χ0n) is 9.98. The molecule has 0 atom stereocenters. The van der Waals surface area contributed by atoms with E-state index in [2.05, 4.69) is 10.6 Å². The van der Waals surface area contributed by atoms with Crippen molar-refractivity contribution in [2.75, 3.05) is 25.0 Å². The molecule has 1 amide bonds. The van der Waals surface area contributed by atoms with Gasteiger partial charge in [0.15, 0.2) is 0 Å². The third kappa shape index (κ3) is 4.84. The summed E-state index contributed by atoms with van der Waals surface area (Å²) in [4.78, 5) is 21.9. The van der Waals surface area contributed by atoms with Gasteiger partial charge in [-0.2, -0.15) is 0 Å². The topological polar surface area (TPSA) is 104 Å². The molecule has 6 nitrogen and oxygen atoms in total. The van der Waals surface area contributed by atoms with Crippen LogP contribution in [0.25, 0.3) is 0 Å². The summed E-state index contributed by atoms with van der Waals surface area (Å²) in [5, 5.41) is 14.1. The number of carbonyl (C=O) groups is 2. The Hall–Kier alpha value is -2.08. The molecule has 0 aliphatic rings. The van der Waals surface area contributed by atoms with Gasteiger partial charge in [-0.05, 0) is 24.3 Å². The van der Waals surface area contributed by atoms with Crippen molar-refractivity contribution in [3.05, 3.63) is 29.8 Å². The molecule has 0 heterocycles. The summed E-state index contributed by atoms with van der Waals surface area (Å²) in [6.45, 7) is 1.20. The Labute approximate surface area is 105 Å². The molecular weight excluding hydrogens is 234 g/mol. The Kier molecular flexibility index (Phi) is 5.66. The fraction of sp³-hybridized carbons (Fsp3) is 0.333. The minimum atomic E-state index is -0.847. The fourth-order valence-corrected chi connectivity index (χ4v) is 1.34. The molecule has 0 aliphatic carbocycles. The van der Waals surface area contributed by atoms with E-state index in [-0.39, 0.29) is 12.3 Å². The molecule has 0 unspecified atom stereocenters. The minimum absolute atomic E-state index is 0.0543. The van der Waals surface area contributed by atoms with Crippen LogP contribution in [0.15, 0.2) is 24.3 Å². The average Bonchev–Trinajstić information content (AvgIpc) is 2.36. The zero-order valence-corrected chi connectivity index (χ0v) is 9.98. The van der Waals surface area contributed by atoms with Crippen molar-refractivity contribution in [3.63, 3.8) is 0 Å². The van der Waals surface area contributed by atoms with Crippen LogP contribution in [-0.2, 0) is 4.79 Å². The van der Waals surface area contributed by atoms with E-state index in [1.807, 2.05) is 0 Å². The molecule has 18 heavy (non-hydrogen) atoms. The highest BCUT2D eigenvalue weighted by molar-refractivity contribution is 5.94. The van der Waals surface area contributed by atoms with Gasteiger partial charge in [0.1, 0.15) is 0 Å². The summed E-state index contributed by atoms with van der Waals surface area (Å²) < 4.78 is 0. The van der Waals surface area contributed by atoms with Gasteiger partial charge in [0.25, 0.3) is 5.91 Å². The van der Waals surface area contributed by atoms with Crippen molar-refractivity contribution in [2.24, 2.45) is 5.73 Å². The predicted octanol–water partition coefficient (Wildman–Crippen LogP) is 0.262. The smallest absolute Gasteiger partial charge is 0.305 e. The highest BCUT2D eigenvalue weighted by Crippen LogP contribution is 2.09. The number of aliphatic carboxylic acids is 1. The van der Waals surface area contributed by atoms with Gasteiger partial charge < -0.3 is 21.5 Å². The van der Waals surface area contributed by atoms with Crippen LogP contribution in [0.4, 0.5) is 5.69 Å². The highest BCUT2D eigenvalue weighted by Gasteiger charge is 2.04. The van der Waals surface area contributed by atoms with Crippen molar-refractivity contribution < 1.29 is 14.7 Å². The van der Waals surface area contributed by atoms with Crippen LogP contribution in [0.3, 0.4) is 0 Å². The largest absolute Gasteiger partial charge is 0.481 e. The Bertz CT molecular complexity index is 404. The number of carboxylic acids is 1. The summed E-state index contributed by atoms with van der Waals surface area (Å²) in [5.74, 6) is -1.02. The van der Waals surface area contributed by atoms with E-state index in [1.165, 1.54) is 0 Å². The molecule has 0 saturated carbocycles. The molecule has 98 valence electrons. The summed E-state index contributed by atoms with van der Waals surface area (Å²) in [5.41, 5.74) is 6.62. The molecule has 0 radical (unpaired) electrons. The molecule has 1 rings (SSSR count). The lowest BCUT2D eigenvalue weighted by atomic mass is 10.2. The number of rotatable bonds is 7. The zero-order chi connectivity index (χ0) is 13.4. The number of amides is 1. The Morgan fingerprint density at radius 2 is 1.83 bits per heavy atom. The lowest BCUT2D eigenvalue weighted by Crippen LogP contribution is -2.28. The van der Waals surface area contributed by atoms with Crippen molar-refractivity contribution in [3.8, 4) is 0 Å². The molecule has 0 spiro atoms. The van der Waals surface area contributed by atoms with Crippen LogP contribution in [0, 0.1) is 0 Å². The molecule has 0 fully saturated rings. The minimum Gasteiger partial charge on any atom is -0.481 e. The monoisotopic (exact) mass is 251 g/mol. The lowest BCUT2D eigenvalue weighted by Gasteiger charge is -2.06. The van der Waals surface area contributed by atoms with Gasteiger partial charge in [-0.25, -0.2) is 0 Å². The molecule has 6 heteroatoms. The first-order valence-electron chi connectivity index (χ1n) is 5.67. The molecule has 1 aromatic rings. The number of benzene rings is 1. The van der Waals surface area contributed by atoms with E-state index in [1.54, 1.807) is 24.3 Å². The van der Waals surface area contributed by atoms with Crippen molar-refractivity contribution >= 4 is 17.6 Å². The normalized spacial score (nSPS) is 9.83. The first kappa shape index (κ1) is 14.0. The molecule has 0 saturated heterocycles. The van der Waals surface area contributed by atoms with Gasteiger partial charge in [-0.1, -0.05) is 0 Å². The molecule has 0 aromatic heterocycles. The third-order valence-electron chi connectivity index (χ3n) is 2.24. The van der Waals surface area contributed by atoms with E-state index in [0.29, 0.717) is 25.2 Å². The van der Waals surface area contributed by atoms with Gasteiger partial charge >= 0.3 is 5.97 Å². The standard InChI is InChI=1S/C12H17N3O3/c13-6-8-15-12(18)9-1-3-10(4-2-9)14-7-5-11(16)17/h1-4,14H,5-8,13H2,(H,15,18)(H,16,17). The molecule has 0 aliphatic heterocycles. The van der Waals surface area contributed by atoms with Gasteiger partial charge in [-0.3, -0.25) is 9.59 Å². The maximum atomic E-state index is 11.6. The predicted molar refractivity (Wildman–Crippen MR) is 68.6 cm³/mol. The van der Waals surface area contributed by atoms with E-state index < -0.39 is 5.97 Å². The van der Waals surface area contributed by atoms with Crippen LogP contribution in [0.5, 0.6) is 0 Å². The first-order valence-corrected chi connectivity index (χ1v) is 5.67. The number of nitrogens with two attached hydrogens (primary N) is 1. The van der Waals surface area contributed by atoms with E-state index >= 15 is 0 Å². The average molecular weight is 251 g/mol. The van der Waals surface area contributed by atoms with E-state index in [9.17, 15) is 9.59 Å². The number of hydrogen-bond donors (Lipinski definition) is 4. The first-order chi connectivity index (χ1) is 8.63. The maximum Gasteiger partial charge on any atom is 0.305 e. The van der Waals surface area contributed by atoms with Crippen molar-refractivity contribution in [1.29, 1.82) is 0 Å². The second-order valence-corrected chi connectivity index (χ2v) is 3.69. The second kappa shape index (κ2) is 7.29. The van der Waals surface area contributed by atoms with Gasteiger partial charge in [0.2, 0.25) is 0 Å². The lowest BCUT2D eigenvalue weighted by molar-refractivity contribution is -0.136. The highest BCUT2D eigenvalue weighted by atomic mass is 16.4. The fourth-order valence-electron chi connectivity index (χ4n) is 1.34. The third-order valence-corrected chi connectivity index (χ3v) is 2.24. The summed E-state index contributed by atoms with van der Waals surface area (Å²) >= 11 is 0. The molecule has 5 N–H and O–H groups in total. The van der Waals surface area contributed by atoms with Gasteiger partial charge in [0, 0.05) is 30.9 Å². The second-order valence-electron chi connectivity index (χ2n) is 3.69. The van der Waals surface area contributed by atoms with Crippen LogP contribution in [0.1, 0.15) is 16.8 Å². The van der Waals surface area contributed by atoms with Crippen molar-refractivity contribution in [2.45, 2.75) is 6.42 Å². The SMILES string of the molecule is NCCNC(=O)c1ccc(NCCC(=O)O)cc1. The van der Waals surface area contributed by atoms with Crippen LogP contribution in [0.2, 0.25) is 0 Å². The number of carboxylic acid groups (broad SMARTS) is 1. The Morgan fingerprint density at radius 1 is 1.17 bits per heavy atom. The van der Waals surface area contributed by atoms with Gasteiger partial charge in [0.05, 0.1) is 6.42 Å². The maximum absolute atomic E-state index is 11.6. The summed E-state index contributed by atoms with van der Waals surface area (Å²) in [6.07, 6.45) is 0.0543. The van der Waals surface area contributed by atoms with E-state index in [0.717, 1.165) is 5.69 Å². The number of anilines is 1.